The van der Waals surface area contributed by atoms with Gasteiger partial charge in [0.15, 0.2) is 0 Å². The third-order valence-corrected chi connectivity index (χ3v) is 4.52. The molecule has 0 spiro atoms. The first kappa shape index (κ1) is 16.5. The number of aromatic nitrogens is 1. The average Bonchev–Trinajstić information content (AvgIpc) is 2.47. The number of nitrogens with one attached hydrogen (secondary N) is 1. The largest absolute Gasteiger partial charge is 0.341 e. The molecular weight excluding hydrogens is 382 g/mol. The van der Waals surface area contributed by atoms with Gasteiger partial charge in [-0.25, -0.2) is 8.42 Å². The molecule has 1 amide bonds. The number of rotatable bonds is 4. The lowest BCUT2D eigenvalue weighted by molar-refractivity contribution is 0.102. The predicted octanol–water partition coefficient (Wildman–Crippen LogP) is 3.09. The summed E-state index contributed by atoms with van der Waals surface area (Å²) in [5, 5.41) is 2.30. The molecule has 0 saturated carbocycles. The number of amides is 1. The number of halogens is 3. The van der Waals surface area contributed by atoms with Gasteiger partial charge in [-0.2, -0.15) is 8.78 Å². The highest BCUT2D eigenvalue weighted by Crippen LogP contribution is 2.26. The van der Waals surface area contributed by atoms with E-state index >= 15 is 0 Å². The van der Waals surface area contributed by atoms with E-state index in [2.05, 4.69) is 26.2 Å². The molecular formula is C13H9BrF2N2O3S. The number of hydrogen-bond donors (Lipinski definition) is 1. The Morgan fingerprint density at radius 2 is 1.91 bits per heavy atom. The fourth-order valence-corrected chi connectivity index (χ4v) is 2.90. The van der Waals surface area contributed by atoms with E-state index in [1.165, 1.54) is 36.7 Å². The number of nitrogens with zero attached hydrogens (tertiary/aromatic N) is 1. The fraction of sp³-hybridized carbons (Fsp3) is 0.0769. The summed E-state index contributed by atoms with van der Waals surface area (Å²) >= 11 is 3.14. The van der Waals surface area contributed by atoms with Crippen molar-refractivity contribution in [3.05, 3.63) is 52.8 Å². The molecule has 0 saturated heterocycles. The molecule has 0 atom stereocenters. The summed E-state index contributed by atoms with van der Waals surface area (Å²) in [6.45, 7) is 0. The molecule has 2 aromatic rings. The number of carbonyl (C=O) groups excluding carboxylic acids is 1. The zero-order chi connectivity index (χ0) is 16.3. The molecule has 1 N–H and O–H groups in total. The van der Waals surface area contributed by atoms with E-state index in [1.54, 1.807) is 0 Å². The molecule has 0 radical (unpaired) electrons. The summed E-state index contributed by atoms with van der Waals surface area (Å²) in [7, 11) is -4.82. The molecule has 0 aliphatic heterocycles. The van der Waals surface area contributed by atoms with Crippen molar-refractivity contribution in [1.82, 2.24) is 4.98 Å². The molecule has 1 aromatic heterocycles. The van der Waals surface area contributed by atoms with Gasteiger partial charge in [-0.1, -0.05) is 12.1 Å². The van der Waals surface area contributed by atoms with E-state index in [1.807, 2.05) is 0 Å². The molecule has 0 bridgehead atoms. The van der Waals surface area contributed by atoms with E-state index in [0.29, 0.717) is 4.47 Å². The van der Waals surface area contributed by atoms with E-state index in [9.17, 15) is 22.0 Å². The Labute approximate surface area is 133 Å². The van der Waals surface area contributed by atoms with Gasteiger partial charge in [0.25, 0.3) is 5.91 Å². The lowest BCUT2D eigenvalue weighted by Gasteiger charge is -2.11. The van der Waals surface area contributed by atoms with Crippen LogP contribution in [-0.2, 0) is 9.84 Å². The van der Waals surface area contributed by atoms with Gasteiger partial charge in [-0.15, -0.1) is 0 Å². The smallest absolute Gasteiger partial charge is 0.321 e. The van der Waals surface area contributed by atoms with Gasteiger partial charge in [0.2, 0.25) is 9.84 Å². The first-order chi connectivity index (χ1) is 10.3. The molecule has 1 heterocycles. The van der Waals surface area contributed by atoms with Crippen molar-refractivity contribution >= 4 is 37.4 Å². The minimum atomic E-state index is -4.82. The maximum absolute atomic E-state index is 12.7. The van der Waals surface area contributed by atoms with Gasteiger partial charge in [-0.3, -0.25) is 9.78 Å². The third-order valence-electron chi connectivity index (χ3n) is 2.64. The Morgan fingerprint density at radius 1 is 1.23 bits per heavy atom. The van der Waals surface area contributed by atoms with E-state index in [0.717, 1.165) is 6.07 Å². The van der Waals surface area contributed by atoms with Crippen LogP contribution in [0.15, 0.2) is 52.1 Å². The van der Waals surface area contributed by atoms with Crippen LogP contribution in [0.3, 0.4) is 0 Å². The maximum Gasteiger partial charge on any atom is 0.341 e. The molecule has 0 fully saturated rings. The van der Waals surface area contributed by atoms with Crippen LogP contribution in [0.5, 0.6) is 0 Å². The van der Waals surface area contributed by atoms with Gasteiger partial charge in [0, 0.05) is 16.9 Å². The van der Waals surface area contributed by atoms with Crippen LogP contribution >= 0.6 is 15.9 Å². The molecule has 2 rings (SSSR count). The van der Waals surface area contributed by atoms with Crippen molar-refractivity contribution in [1.29, 1.82) is 0 Å². The Kier molecular flexibility index (Phi) is 4.87. The molecule has 0 unspecified atom stereocenters. The normalized spacial score (nSPS) is 11.5. The topological polar surface area (TPSA) is 76.1 Å². The van der Waals surface area contributed by atoms with Crippen molar-refractivity contribution in [3.63, 3.8) is 0 Å². The lowest BCUT2D eigenvalue weighted by atomic mass is 10.2. The first-order valence-corrected chi connectivity index (χ1v) is 8.19. The number of carbonyl (C=O) groups is 1. The highest BCUT2D eigenvalue weighted by Gasteiger charge is 2.29. The van der Waals surface area contributed by atoms with Crippen LogP contribution in [0.1, 0.15) is 10.4 Å². The quantitative estimate of drug-likeness (QED) is 0.869. The first-order valence-electron chi connectivity index (χ1n) is 5.85. The SMILES string of the molecule is O=C(Nc1ccccc1S(=O)(=O)C(F)F)c1cncc(Br)c1. The van der Waals surface area contributed by atoms with Crippen molar-refractivity contribution in [3.8, 4) is 0 Å². The van der Waals surface area contributed by atoms with Crippen LogP contribution in [-0.4, -0.2) is 25.1 Å². The average molecular weight is 391 g/mol. The van der Waals surface area contributed by atoms with Gasteiger partial charge in [0.05, 0.1) is 16.1 Å². The number of hydrogen-bond acceptors (Lipinski definition) is 4. The Hall–Kier alpha value is -1.87. The number of sulfone groups is 1. The summed E-state index contributed by atoms with van der Waals surface area (Å²) in [5.74, 6) is -4.23. The number of benzene rings is 1. The summed E-state index contributed by atoms with van der Waals surface area (Å²) in [4.78, 5) is 15.2. The van der Waals surface area contributed by atoms with Gasteiger partial charge in [-0.05, 0) is 34.1 Å². The van der Waals surface area contributed by atoms with Crippen molar-refractivity contribution in [2.24, 2.45) is 0 Å². The minimum Gasteiger partial charge on any atom is -0.321 e. The molecule has 0 aliphatic carbocycles. The standard InChI is InChI=1S/C13H9BrF2N2O3S/c14-9-5-8(6-17-7-9)12(19)18-10-3-1-2-4-11(10)22(20,21)13(15)16/h1-7,13H,(H,18,19). The second-order valence-electron chi connectivity index (χ2n) is 4.15. The van der Waals surface area contributed by atoms with Crippen LogP contribution in [0.4, 0.5) is 14.5 Å². The Morgan fingerprint density at radius 3 is 2.55 bits per heavy atom. The lowest BCUT2D eigenvalue weighted by Crippen LogP contribution is -2.18. The highest BCUT2D eigenvalue weighted by atomic mass is 79.9. The molecule has 5 nitrogen and oxygen atoms in total. The Bertz CT molecular complexity index is 812. The van der Waals surface area contributed by atoms with E-state index in [-0.39, 0.29) is 11.3 Å². The van der Waals surface area contributed by atoms with Gasteiger partial charge < -0.3 is 5.32 Å². The number of alkyl halides is 2. The number of para-hydroxylation sites is 1. The van der Waals surface area contributed by atoms with Crippen LogP contribution in [0.25, 0.3) is 0 Å². The van der Waals surface area contributed by atoms with Gasteiger partial charge in [0.1, 0.15) is 0 Å². The zero-order valence-corrected chi connectivity index (χ0v) is 13.2. The summed E-state index contributed by atoms with van der Waals surface area (Å²) in [5.41, 5.74) is -0.0635. The van der Waals surface area contributed by atoms with Crippen molar-refractivity contribution in [2.45, 2.75) is 10.7 Å². The minimum absolute atomic E-state index is 0.152. The third kappa shape index (κ3) is 3.47. The van der Waals surface area contributed by atoms with E-state index < -0.39 is 26.4 Å². The van der Waals surface area contributed by atoms with Crippen molar-refractivity contribution in [2.75, 3.05) is 5.32 Å². The molecule has 22 heavy (non-hydrogen) atoms. The summed E-state index contributed by atoms with van der Waals surface area (Å²) < 4.78 is 49.1. The zero-order valence-electron chi connectivity index (χ0n) is 10.8. The monoisotopic (exact) mass is 390 g/mol. The fourth-order valence-electron chi connectivity index (χ4n) is 1.64. The maximum atomic E-state index is 12.7. The molecule has 0 aliphatic rings. The second-order valence-corrected chi connectivity index (χ2v) is 6.95. The van der Waals surface area contributed by atoms with Crippen LogP contribution < -0.4 is 5.32 Å². The highest BCUT2D eigenvalue weighted by molar-refractivity contribution is 9.10. The number of anilines is 1. The van der Waals surface area contributed by atoms with Crippen molar-refractivity contribution < 1.29 is 22.0 Å². The van der Waals surface area contributed by atoms with Crippen LogP contribution in [0.2, 0.25) is 0 Å². The van der Waals surface area contributed by atoms with Gasteiger partial charge >= 0.3 is 5.76 Å². The Balaban J connectivity index is 2.37. The second kappa shape index (κ2) is 6.49. The summed E-state index contributed by atoms with van der Waals surface area (Å²) in [6, 6.07) is 6.44. The van der Waals surface area contributed by atoms with Crippen LogP contribution in [0, 0.1) is 0 Å². The summed E-state index contributed by atoms with van der Waals surface area (Å²) in [6.07, 6.45) is 2.73. The molecule has 9 heteroatoms. The predicted molar refractivity (Wildman–Crippen MR) is 79.5 cm³/mol. The number of pyridine rings is 1. The molecule has 116 valence electrons. The molecule has 1 aromatic carbocycles. The van der Waals surface area contributed by atoms with E-state index in [4.69, 9.17) is 0 Å².